The lowest BCUT2D eigenvalue weighted by Crippen LogP contribution is -2.26. The van der Waals surface area contributed by atoms with Crippen LogP contribution >= 0.6 is 0 Å². The van der Waals surface area contributed by atoms with Crippen LogP contribution in [-0.4, -0.2) is 28.4 Å². The Labute approximate surface area is 130 Å². The smallest absolute Gasteiger partial charge is 0.222 e. The topological polar surface area (TPSA) is 56.1 Å². The minimum absolute atomic E-state index is 0.0442. The highest BCUT2D eigenvalue weighted by Crippen LogP contribution is 2.15. The van der Waals surface area contributed by atoms with Gasteiger partial charge in [-0.15, -0.1) is 0 Å². The molecule has 1 amide bonds. The highest BCUT2D eigenvalue weighted by molar-refractivity contribution is 5.76. The third-order valence-corrected chi connectivity index (χ3v) is 3.80. The van der Waals surface area contributed by atoms with Gasteiger partial charge in [0.05, 0.1) is 25.3 Å². The first-order chi connectivity index (χ1) is 10.8. The second-order valence-electron chi connectivity index (χ2n) is 5.65. The van der Waals surface area contributed by atoms with Crippen LogP contribution in [0.1, 0.15) is 30.4 Å². The molecule has 1 aromatic heterocycles. The largest absolute Gasteiger partial charge is 0.378 e. The van der Waals surface area contributed by atoms with Crippen LogP contribution in [0.25, 0.3) is 0 Å². The highest BCUT2D eigenvalue weighted by atomic mass is 16.5. The first kappa shape index (κ1) is 14.8. The molecule has 0 saturated carbocycles. The molecule has 0 radical (unpaired) electrons. The van der Waals surface area contributed by atoms with Gasteiger partial charge in [0.15, 0.2) is 0 Å². The Morgan fingerprint density at radius 1 is 1.32 bits per heavy atom. The molecule has 1 N–H and O–H groups in total. The molecule has 1 aliphatic rings. The standard InChI is InChI=1S/C17H21N3O2/c21-17(9-16-7-4-8-22-16)18-10-15-11-19-20(13-15)12-14-5-2-1-3-6-14/h1-3,5-6,11,13,16H,4,7-10,12H2,(H,18,21). The van der Waals surface area contributed by atoms with Crippen LogP contribution in [0, 0.1) is 0 Å². The van der Waals surface area contributed by atoms with Gasteiger partial charge in [0.25, 0.3) is 0 Å². The Morgan fingerprint density at radius 2 is 2.18 bits per heavy atom. The maximum Gasteiger partial charge on any atom is 0.222 e. The summed E-state index contributed by atoms with van der Waals surface area (Å²) in [5.74, 6) is 0.0442. The van der Waals surface area contributed by atoms with E-state index in [1.54, 1.807) is 6.20 Å². The molecule has 1 saturated heterocycles. The van der Waals surface area contributed by atoms with Crippen molar-refractivity contribution in [3.05, 3.63) is 53.9 Å². The van der Waals surface area contributed by atoms with E-state index in [9.17, 15) is 4.79 Å². The van der Waals surface area contributed by atoms with Gasteiger partial charge in [0.2, 0.25) is 5.91 Å². The Morgan fingerprint density at radius 3 is 2.95 bits per heavy atom. The van der Waals surface area contributed by atoms with Gasteiger partial charge in [-0.05, 0) is 18.4 Å². The fourth-order valence-electron chi connectivity index (χ4n) is 2.64. The summed E-state index contributed by atoms with van der Waals surface area (Å²) in [7, 11) is 0. The Balaban J connectivity index is 1.46. The van der Waals surface area contributed by atoms with Crippen molar-refractivity contribution in [2.45, 2.75) is 38.5 Å². The van der Waals surface area contributed by atoms with Crippen molar-refractivity contribution in [3.63, 3.8) is 0 Å². The fourth-order valence-corrected chi connectivity index (χ4v) is 2.64. The Hall–Kier alpha value is -2.14. The number of hydrogen-bond donors (Lipinski definition) is 1. The van der Waals surface area contributed by atoms with Gasteiger partial charge in [-0.3, -0.25) is 9.48 Å². The van der Waals surface area contributed by atoms with E-state index in [-0.39, 0.29) is 12.0 Å². The number of carbonyl (C=O) groups is 1. The van der Waals surface area contributed by atoms with Crippen molar-refractivity contribution < 1.29 is 9.53 Å². The lowest BCUT2D eigenvalue weighted by atomic mass is 10.2. The van der Waals surface area contributed by atoms with Crippen LogP contribution in [0.15, 0.2) is 42.7 Å². The Kier molecular flexibility index (Phi) is 4.85. The number of ether oxygens (including phenoxy) is 1. The van der Waals surface area contributed by atoms with Crippen LogP contribution in [0.5, 0.6) is 0 Å². The van der Waals surface area contributed by atoms with Crippen molar-refractivity contribution in [1.82, 2.24) is 15.1 Å². The monoisotopic (exact) mass is 299 g/mol. The molecule has 0 bridgehead atoms. The number of nitrogens with one attached hydrogen (secondary N) is 1. The maximum absolute atomic E-state index is 11.9. The Bertz CT molecular complexity index is 603. The van der Waals surface area contributed by atoms with Crippen molar-refractivity contribution >= 4 is 5.91 Å². The van der Waals surface area contributed by atoms with E-state index >= 15 is 0 Å². The zero-order valence-corrected chi connectivity index (χ0v) is 12.6. The molecule has 5 nitrogen and oxygen atoms in total. The molecule has 116 valence electrons. The van der Waals surface area contributed by atoms with Crippen molar-refractivity contribution in [1.29, 1.82) is 0 Å². The van der Waals surface area contributed by atoms with E-state index in [0.717, 1.165) is 31.6 Å². The molecule has 5 heteroatoms. The van der Waals surface area contributed by atoms with E-state index in [1.807, 2.05) is 29.1 Å². The van der Waals surface area contributed by atoms with Crippen LogP contribution < -0.4 is 5.32 Å². The van der Waals surface area contributed by atoms with E-state index in [4.69, 9.17) is 4.74 Å². The molecule has 1 fully saturated rings. The molecule has 1 aromatic carbocycles. The summed E-state index contributed by atoms with van der Waals surface area (Å²) in [5, 5.41) is 7.26. The number of aromatic nitrogens is 2. The predicted molar refractivity (Wildman–Crippen MR) is 83.2 cm³/mol. The maximum atomic E-state index is 11.9. The molecule has 1 atom stereocenters. The first-order valence-corrected chi connectivity index (χ1v) is 7.73. The molecular formula is C17H21N3O2. The van der Waals surface area contributed by atoms with Gasteiger partial charge in [0.1, 0.15) is 0 Å². The zero-order valence-electron chi connectivity index (χ0n) is 12.6. The highest BCUT2D eigenvalue weighted by Gasteiger charge is 2.18. The molecule has 2 heterocycles. The first-order valence-electron chi connectivity index (χ1n) is 7.73. The number of nitrogens with zero attached hydrogens (tertiary/aromatic N) is 2. The SMILES string of the molecule is O=C(CC1CCCO1)NCc1cnn(Cc2ccccc2)c1. The van der Waals surface area contributed by atoms with Crippen molar-refractivity contribution in [3.8, 4) is 0 Å². The number of hydrogen-bond acceptors (Lipinski definition) is 3. The summed E-state index contributed by atoms with van der Waals surface area (Å²) in [6, 6.07) is 10.2. The van der Waals surface area contributed by atoms with E-state index < -0.39 is 0 Å². The van der Waals surface area contributed by atoms with E-state index in [1.165, 1.54) is 5.56 Å². The normalized spacial score (nSPS) is 17.5. The summed E-state index contributed by atoms with van der Waals surface area (Å²) < 4.78 is 7.35. The van der Waals surface area contributed by atoms with E-state index in [2.05, 4.69) is 22.5 Å². The van der Waals surface area contributed by atoms with Crippen LogP contribution in [0.3, 0.4) is 0 Å². The van der Waals surface area contributed by atoms with Crippen LogP contribution in [0.4, 0.5) is 0 Å². The van der Waals surface area contributed by atoms with Gasteiger partial charge < -0.3 is 10.1 Å². The molecule has 1 aliphatic heterocycles. The number of rotatable bonds is 6. The van der Waals surface area contributed by atoms with Gasteiger partial charge in [0, 0.05) is 24.9 Å². The van der Waals surface area contributed by atoms with E-state index in [0.29, 0.717) is 13.0 Å². The summed E-state index contributed by atoms with van der Waals surface area (Å²) in [6.07, 6.45) is 6.38. The summed E-state index contributed by atoms with van der Waals surface area (Å²) in [4.78, 5) is 11.9. The molecular weight excluding hydrogens is 278 g/mol. The lowest BCUT2D eigenvalue weighted by molar-refractivity contribution is -0.123. The number of carbonyl (C=O) groups excluding carboxylic acids is 1. The van der Waals surface area contributed by atoms with Gasteiger partial charge in [-0.2, -0.15) is 5.10 Å². The molecule has 0 aliphatic carbocycles. The molecule has 0 spiro atoms. The molecule has 22 heavy (non-hydrogen) atoms. The summed E-state index contributed by atoms with van der Waals surface area (Å²) >= 11 is 0. The summed E-state index contributed by atoms with van der Waals surface area (Å²) in [5.41, 5.74) is 2.22. The zero-order chi connectivity index (χ0) is 15.2. The van der Waals surface area contributed by atoms with Gasteiger partial charge >= 0.3 is 0 Å². The minimum atomic E-state index is 0.0442. The van der Waals surface area contributed by atoms with Crippen molar-refractivity contribution in [2.75, 3.05) is 6.61 Å². The quantitative estimate of drug-likeness (QED) is 0.889. The average Bonchev–Trinajstić information content (AvgIpc) is 3.18. The minimum Gasteiger partial charge on any atom is -0.378 e. The van der Waals surface area contributed by atoms with Gasteiger partial charge in [-0.25, -0.2) is 0 Å². The average molecular weight is 299 g/mol. The second kappa shape index (κ2) is 7.22. The summed E-state index contributed by atoms with van der Waals surface area (Å²) in [6.45, 7) is 2.04. The third kappa shape index (κ3) is 4.18. The third-order valence-electron chi connectivity index (χ3n) is 3.80. The van der Waals surface area contributed by atoms with Crippen molar-refractivity contribution in [2.24, 2.45) is 0 Å². The molecule has 2 aromatic rings. The second-order valence-corrected chi connectivity index (χ2v) is 5.65. The lowest BCUT2D eigenvalue weighted by Gasteiger charge is -2.08. The van der Waals surface area contributed by atoms with Crippen LogP contribution in [0.2, 0.25) is 0 Å². The fraction of sp³-hybridized carbons (Fsp3) is 0.412. The van der Waals surface area contributed by atoms with Gasteiger partial charge in [-0.1, -0.05) is 30.3 Å². The molecule has 1 unspecified atom stereocenters. The van der Waals surface area contributed by atoms with Crippen LogP contribution in [-0.2, 0) is 22.6 Å². The predicted octanol–water partition coefficient (Wildman–Crippen LogP) is 2.12. The number of benzene rings is 1. The number of amides is 1. The molecule has 3 rings (SSSR count).